The Bertz CT molecular complexity index is 251. The van der Waals surface area contributed by atoms with Crippen LogP contribution >= 0.6 is 34.8 Å². The molecule has 1 aromatic rings. The average molecular weight is 238 g/mol. The summed E-state index contributed by atoms with van der Waals surface area (Å²) >= 11 is 17.6. The van der Waals surface area contributed by atoms with Gasteiger partial charge in [0.1, 0.15) is 0 Å². The van der Waals surface area contributed by atoms with E-state index in [4.69, 9.17) is 34.8 Å². The van der Waals surface area contributed by atoms with Crippen LogP contribution in [0.3, 0.4) is 0 Å². The van der Waals surface area contributed by atoms with Gasteiger partial charge >= 0.3 is 0 Å². The molecular formula is C10H11Cl3. The van der Waals surface area contributed by atoms with Crippen LogP contribution in [0.25, 0.3) is 0 Å². The maximum absolute atomic E-state index is 5.99. The minimum absolute atomic E-state index is 0.696. The summed E-state index contributed by atoms with van der Waals surface area (Å²) in [6.07, 6.45) is 2.95. The van der Waals surface area contributed by atoms with Gasteiger partial charge in [0.2, 0.25) is 0 Å². The minimum atomic E-state index is 0.696. The van der Waals surface area contributed by atoms with Crippen molar-refractivity contribution >= 4 is 34.8 Å². The van der Waals surface area contributed by atoms with Crippen molar-refractivity contribution in [3.8, 4) is 0 Å². The van der Waals surface area contributed by atoms with Crippen molar-refractivity contribution in [2.75, 3.05) is 5.88 Å². The minimum Gasteiger partial charge on any atom is -0.127 e. The van der Waals surface area contributed by atoms with E-state index >= 15 is 0 Å². The van der Waals surface area contributed by atoms with E-state index in [-0.39, 0.29) is 0 Å². The highest BCUT2D eigenvalue weighted by Gasteiger charge is 2.03. The number of hydrogen-bond donors (Lipinski definition) is 0. The van der Waals surface area contributed by atoms with Crippen molar-refractivity contribution in [3.63, 3.8) is 0 Å². The lowest BCUT2D eigenvalue weighted by atomic mass is 10.1. The Labute approximate surface area is 93.8 Å². The van der Waals surface area contributed by atoms with Crippen molar-refractivity contribution in [2.45, 2.75) is 19.3 Å². The predicted octanol–water partition coefficient (Wildman–Crippen LogP) is 4.55. The second kappa shape index (κ2) is 5.74. The van der Waals surface area contributed by atoms with Gasteiger partial charge in [0.25, 0.3) is 0 Å². The molecule has 0 heterocycles. The summed E-state index contributed by atoms with van der Waals surface area (Å²) in [6, 6.07) is 5.59. The Balaban J connectivity index is 2.64. The van der Waals surface area contributed by atoms with E-state index in [0.29, 0.717) is 5.88 Å². The largest absolute Gasteiger partial charge is 0.127 e. The van der Waals surface area contributed by atoms with Gasteiger partial charge in [-0.15, -0.1) is 11.6 Å². The third kappa shape index (κ3) is 3.38. The normalized spacial score (nSPS) is 10.4. The third-order valence-corrected chi connectivity index (χ3v) is 2.85. The molecule has 0 amide bonds. The molecule has 3 heteroatoms. The summed E-state index contributed by atoms with van der Waals surface area (Å²) in [7, 11) is 0. The van der Waals surface area contributed by atoms with Crippen molar-refractivity contribution in [1.82, 2.24) is 0 Å². The fourth-order valence-electron chi connectivity index (χ4n) is 1.17. The van der Waals surface area contributed by atoms with Crippen LogP contribution in [0.1, 0.15) is 18.4 Å². The first-order valence-corrected chi connectivity index (χ1v) is 5.53. The van der Waals surface area contributed by atoms with Gasteiger partial charge in [-0.3, -0.25) is 0 Å². The number of benzene rings is 1. The highest BCUT2D eigenvalue weighted by Crippen LogP contribution is 2.25. The third-order valence-electron chi connectivity index (χ3n) is 1.87. The monoisotopic (exact) mass is 236 g/mol. The molecule has 0 bridgehead atoms. The van der Waals surface area contributed by atoms with Crippen LogP contribution in [0.5, 0.6) is 0 Å². The molecule has 0 spiro atoms. The molecule has 1 rings (SSSR count). The lowest BCUT2D eigenvalue weighted by Crippen LogP contribution is -1.89. The molecule has 0 aliphatic carbocycles. The number of halogens is 3. The number of hydrogen-bond acceptors (Lipinski definition) is 0. The lowest BCUT2D eigenvalue weighted by molar-refractivity contribution is 0.800. The first-order chi connectivity index (χ1) is 6.25. The van der Waals surface area contributed by atoms with E-state index in [1.54, 1.807) is 0 Å². The summed E-state index contributed by atoms with van der Waals surface area (Å²) in [5.74, 6) is 0.696. The molecule has 0 aliphatic heterocycles. The molecule has 0 unspecified atom stereocenters. The summed E-state index contributed by atoms with van der Waals surface area (Å²) in [4.78, 5) is 0. The van der Waals surface area contributed by atoms with E-state index in [1.165, 1.54) is 0 Å². The molecule has 0 radical (unpaired) electrons. The maximum Gasteiger partial charge on any atom is 0.0452 e. The zero-order valence-corrected chi connectivity index (χ0v) is 9.46. The fraction of sp³-hybridized carbons (Fsp3) is 0.400. The molecule has 0 aromatic heterocycles. The standard InChI is InChI=1S/C10H11Cl3/c11-7-2-1-4-8-9(12)5-3-6-10(8)13/h3,5-6H,1-2,4,7H2. The first kappa shape index (κ1) is 11.2. The van der Waals surface area contributed by atoms with Gasteiger partial charge in [0.15, 0.2) is 0 Å². The topological polar surface area (TPSA) is 0 Å². The van der Waals surface area contributed by atoms with Crippen LogP contribution in [-0.4, -0.2) is 5.88 Å². The molecule has 0 fully saturated rings. The molecule has 0 aliphatic rings. The summed E-state index contributed by atoms with van der Waals surface area (Å²) in [5.41, 5.74) is 1.04. The Morgan fingerprint density at radius 3 is 2.15 bits per heavy atom. The van der Waals surface area contributed by atoms with Gasteiger partial charge in [-0.2, -0.15) is 0 Å². The zero-order valence-electron chi connectivity index (χ0n) is 7.19. The van der Waals surface area contributed by atoms with E-state index in [0.717, 1.165) is 34.9 Å². The molecule has 1 aromatic carbocycles. The van der Waals surface area contributed by atoms with Gasteiger partial charge < -0.3 is 0 Å². The Morgan fingerprint density at radius 2 is 1.62 bits per heavy atom. The zero-order chi connectivity index (χ0) is 9.68. The van der Waals surface area contributed by atoms with E-state index in [9.17, 15) is 0 Å². The number of alkyl halides is 1. The van der Waals surface area contributed by atoms with Gasteiger partial charge in [0, 0.05) is 15.9 Å². The van der Waals surface area contributed by atoms with Crippen LogP contribution in [0.2, 0.25) is 10.0 Å². The van der Waals surface area contributed by atoms with Crippen molar-refractivity contribution < 1.29 is 0 Å². The van der Waals surface area contributed by atoms with Gasteiger partial charge in [-0.05, 0) is 37.0 Å². The van der Waals surface area contributed by atoms with Gasteiger partial charge in [-0.1, -0.05) is 29.3 Å². The molecule has 0 nitrogen and oxygen atoms in total. The SMILES string of the molecule is ClCCCCc1c(Cl)cccc1Cl. The Morgan fingerprint density at radius 1 is 1.00 bits per heavy atom. The fourth-order valence-corrected chi connectivity index (χ4v) is 1.94. The molecule has 0 N–H and O–H groups in total. The average Bonchev–Trinajstić information content (AvgIpc) is 2.10. The molecule has 0 atom stereocenters. The van der Waals surface area contributed by atoms with E-state index < -0.39 is 0 Å². The molecule has 72 valence electrons. The maximum atomic E-state index is 5.99. The van der Waals surface area contributed by atoms with E-state index in [1.807, 2.05) is 18.2 Å². The lowest BCUT2D eigenvalue weighted by Gasteiger charge is -2.05. The second-order valence-electron chi connectivity index (χ2n) is 2.85. The van der Waals surface area contributed by atoms with E-state index in [2.05, 4.69) is 0 Å². The number of unbranched alkanes of at least 4 members (excludes halogenated alkanes) is 1. The summed E-state index contributed by atoms with van der Waals surface area (Å²) in [6.45, 7) is 0. The molecular weight excluding hydrogens is 226 g/mol. The summed E-state index contributed by atoms with van der Waals surface area (Å²) in [5, 5.41) is 1.50. The van der Waals surface area contributed by atoms with Crippen LogP contribution < -0.4 is 0 Å². The van der Waals surface area contributed by atoms with Crippen molar-refractivity contribution in [3.05, 3.63) is 33.8 Å². The Hall–Kier alpha value is 0.0900. The highest BCUT2D eigenvalue weighted by molar-refractivity contribution is 6.35. The Kier molecular flexibility index (Phi) is 4.93. The smallest absolute Gasteiger partial charge is 0.0452 e. The quantitative estimate of drug-likeness (QED) is 0.532. The van der Waals surface area contributed by atoms with Gasteiger partial charge in [-0.25, -0.2) is 0 Å². The van der Waals surface area contributed by atoms with Crippen molar-refractivity contribution in [2.24, 2.45) is 0 Å². The van der Waals surface area contributed by atoms with Crippen LogP contribution in [0.4, 0.5) is 0 Å². The second-order valence-corrected chi connectivity index (χ2v) is 4.04. The van der Waals surface area contributed by atoms with Crippen LogP contribution in [0, 0.1) is 0 Å². The van der Waals surface area contributed by atoms with Gasteiger partial charge in [0.05, 0.1) is 0 Å². The van der Waals surface area contributed by atoms with Crippen LogP contribution in [-0.2, 0) is 6.42 Å². The summed E-state index contributed by atoms with van der Waals surface area (Å²) < 4.78 is 0. The predicted molar refractivity (Wildman–Crippen MR) is 60.1 cm³/mol. The first-order valence-electron chi connectivity index (χ1n) is 4.24. The molecule has 0 saturated heterocycles. The van der Waals surface area contributed by atoms with Crippen molar-refractivity contribution in [1.29, 1.82) is 0 Å². The highest BCUT2D eigenvalue weighted by atomic mass is 35.5. The molecule has 13 heavy (non-hydrogen) atoms. The number of rotatable bonds is 4. The van der Waals surface area contributed by atoms with Crippen LogP contribution in [0.15, 0.2) is 18.2 Å². The molecule has 0 saturated carbocycles.